The van der Waals surface area contributed by atoms with E-state index in [0.29, 0.717) is 12.1 Å². The molecular weight excluding hydrogens is 210 g/mol. The van der Waals surface area contributed by atoms with Crippen molar-refractivity contribution in [2.24, 2.45) is 0 Å². The summed E-state index contributed by atoms with van der Waals surface area (Å²) in [4.78, 5) is 2.64. The number of hydrogen-bond donors (Lipinski definition) is 0. The van der Waals surface area contributed by atoms with Gasteiger partial charge in [0.2, 0.25) is 0 Å². The first-order valence-corrected chi connectivity index (χ1v) is 6.83. The molecule has 2 nitrogen and oxygen atoms in total. The van der Waals surface area contributed by atoms with E-state index in [1.54, 1.807) is 0 Å². The third kappa shape index (κ3) is 2.00. The molecule has 2 atom stereocenters. The van der Waals surface area contributed by atoms with E-state index in [9.17, 15) is 0 Å². The number of ether oxygens (including phenoxy) is 1. The molecule has 0 bridgehead atoms. The minimum Gasteiger partial charge on any atom is -0.371 e. The Morgan fingerprint density at radius 2 is 2.24 bits per heavy atom. The molecule has 0 radical (unpaired) electrons. The average Bonchev–Trinajstić information content (AvgIpc) is 2.75. The zero-order chi connectivity index (χ0) is 11.7. The maximum atomic E-state index is 6.00. The Labute approximate surface area is 104 Å². The van der Waals surface area contributed by atoms with Crippen LogP contribution < -0.4 is 0 Å². The number of nitrogens with zero attached hydrogens (tertiary/aromatic N) is 1. The van der Waals surface area contributed by atoms with Crippen LogP contribution in [0.25, 0.3) is 0 Å². The van der Waals surface area contributed by atoms with Gasteiger partial charge in [0, 0.05) is 12.6 Å². The van der Waals surface area contributed by atoms with Crippen LogP contribution in [0.1, 0.15) is 37.0 Å². The van der Waals surface area contributed by atoms with Crippen LogP contribution in [0.5, 0.6) is 0 Å². The molecule has 1 aromatic rings. The van der Waals surface area contributed by atoms with E-state index in [1.807, 2.05) is 0 Å². The minimum atomic E-state index is 0.330. The normalized spacial score (nSPS) is 27.8. The molecule has 1 aromatic carbocycles. The van der Waals surface area contributed by atoms with Gasteiger partial charge in [0.25, 0.3) is 0 Å². The maximum Gasteiger partial charge on any atom is 0.0986 e. The van der Waals surface area contributed by atoms with Crippen LogP contribution in [-0.4, -0.2) is 30.6 Å². The van der Waals surface area contributed by atoms with E-state index in [1.165, 1.54) is 36.9 Å². The largest absolute Gasteiger partial charge is 0.371 e. The van der Waals surface area contributed by atoms with Gasteiger partial charge < -0.3 is 4.74 Å². The lowest BCUT2D eigenvalue weighted by molar-refractivity contribution is -0.0646. The molecule has 3 rings (SSSR count). The lowest BCUT2D eigenvalue weighted by atomic mass is 10.1. The van der Waals surface area contributed by atoms with Gasteiger partial charge in [-0.3, -0.25) is 4.90 Å². The molecule has 1 aliphatic carbocycles. The molecule has 17 heavy (non-hydrogen) atoms. The molecule has 0 amide bonds. The highest BCUT2D eigenvalue weighted by Gasteiger charge is 2.39. The van der Waals surface area contributed by atoms with Crippen LogP contribution >= 0.6 is 0 Å². The number of fused-ring (bicyclic) bond motifs is 3. The van der Waals surface area contributed by atoms with Gasteiger partial charge in [0.1, 0.15) is 0 Å². The lowest BCUT2D eigenvalue weighted by Crippen LogP contribution is -2.46. The second-order valence-corrected chi connectivity index (χ2v) is 5.15. The van der Waals surface area contributed by atoms with Gasteiger partial charge in [0.15, 0.2) is 0 Å². The van der Waals surface area contributed by atoms with Crippen LogP contribution in [0.3, 0.4) is 0 Å². The van der Waals surface area contributed by atoms with E-state index < -0.39 is 0 Å². The Morgan fingerprint density at radius 3 is 3.12 bits per heavy atom. The fraction of sp³-hybridized carbons (Fsp3) is 0.600. The number of morpholine rings is 1. The van der Waals surface area contributed by atoms with Crippen molar-refractivity contribution in [3.8, 4) is 0 Å². The summed E-state index contributed by atoms with van der Waals surface area (Å²) >= 11 is 0. The van der Waals surface area contributed by atoms with Crippen LogP contribution in [0, 0.1) is 0 Å². The molecule has 1 heterocycles. The fourth-order valence-electron chi connectivity index (χ4n) is 3.16. The van der Waals surface area contributed by atoms with Crippen LogP contribution in [-0.2, 0) is 11.2 Å². The van der Waals surface area contributed by atoms with Gasteiger partial charge >= 0.3 is 0 Å². The van der Waals surface area contributed by atoms with Crippen LogP contribution in [0.4, 0.5) is 0 Å². The Morgan fingerprint density at radius 1 is 1.35 bits per heavy atom. The van der Waals surface area contributed by atoms with Gasteiger partial charge in [-0.15, -0.1) is 0 Å². The average molecular weight is 231 g/mol. The summed E-state index contributed by atoms with van der Waals surface area (Å²) in [6.45, 7) is 5.49. The molecule has 2 heteroatoms. The molecule has 1 saturated heterocycles. The van der Waals surface area contributed by atoms with E-state index in [4.69, 9.17) is 4.74 Å². The van der Waals surface area contributed by atoms with E-state index in [2.05, 4.69) is 36.1 Å². The minimum absolute atomic E-state index is 0.330. The Balaban J connectivity index is 1.79. The van der Waals surface area contributed by atoms with E-state index in [-0.39, 0.29) is 0 Å². The first-order valence-electron chi connectivity index (χ1n) is 6.83. The third-order valence-electron chi connectivity index (χ3n) is 4.08. The molecule has 0 aromatic heterocycles. The lowest BCUT2D eigenvalue weighted by Gasteiger charge is -2.37. The van der Waals surface area contributed by atoms with E-state index >= 15 is 0 Å². The van der Waals surface area contributed by atoms with Crippen molar-refractivity contribution in [1.82, 2.24) is 4.90 Å². The highest BCUT2D eigenvalue weighted by molar-refractivity contribution is 5.36. The summed E-state index contributed by atoms with van der Waals surface area (Å²) in [6, 6.07) is 9.37. The van der Waals surface area contributed by atoms with Gasteiger partial charge in [-0.05, 0) is 30.5 Å². The maximum absolute atomic E-state index is 6.00. The van der Waals surface area contributed by atoms with Crippen molar-refractivity contribution in [2.45, 2.75) is 38.3 Å². The SMILES string of the molecule is CCCCN1CCOC2c3ccccc3CC21. The van der Waals surface area contributed by atoms with Crippen molar-refractivity contribution in [2.75, 3.05) is 19.7 Å². The van der Waals surface area contributed by atoms with Crippen molar-refractivity contribution < 1.29 is 4.74 Å². The molecule has 0 N–H and O–H groups in total. The van der Waals surface area contributed by atoms with Gasteiger partial charge in [0.05, 0.1) is 12.7 Å². The van der Waals surface area contributed by atoms with Crippen molar-refractivity contribution in [3.05, 3.63) is 35.4 Å². The first-order chi connectivity index (χ1) is 8.40. The van der Waals surface area contributed by atoms with E-state index in [0.717, 1.165) is 13.2 Å². The molecule has 2 unspecified atom stereocenters. The Hall–Kier alpha value is -0.860. The van der Waals surface area contributed by atoms with Crippen molar-refractivity contribution >= 4 is 0 Å². The summed E-state index contributed by atoms with van der Waals surface area (Å²) < 4.78 is 6.00. The monoisotopic (exact) mass is 231 g/mol. The first kappa shape index (κ1) is 11.2. The molecule has 0 spiro atoms. The van der Waals surface area contributed by atoms with Gasteiger partial charge in [-0.25, -0.2) is 0 Å². The summed E-state index contributed by atoms with van der Waals surface area (Å²) in [5.41, 5.74) is 2.92. The predicted octanol–water partition coefficient (Wildman–Crippen LogP) is 2.78. The quantitative estimate of drug-likeness (QED) is 0.793. The van der Waals surface area contributed by atoms with Crippen molar-refractivity contribution in [3.63, 3.8) is 0 Å². The fourth-order valence-corrected chi connectivity index (χ4v) is 3.16. The standard InChI is InChI=1S/C15H21NO/c1-2-3-8-16-9-10-17-15-13-7-5-4-6-12(13)11-14(15)16/h4-7,14-15H,2-3,8-11H2,1H3. The Kier molecular flexibility index (Phi) is 3.17. The molecule has 0 saturated carbocycles. The molecular formula is C15H21NO. The number of benzene rings is 1. The third-order valence-corrected chi connectivity index (χ3v) is 4.08. The zero-order valence-corrected chi connectivity index (χ0v) is 10.6. The number of rotatable bonds is 3. The number of hydrogen-bond acceptors (Lipinski definition) is 2. The summed E-state index contributed by atoms with van der Waals surface area (Å²) in [7, 11) is 0. The second kappa shape index (κ2) is 4.79. The smallest absolute Gasteiger partial charge is 0.0986 e. The van der Waals surface area contributed by atoms with Gasteiger partial charge in [-0.1, -0.05) is 37.6 Å². The van der Waals surface area contributed by atoms with Crippen molar-refractivity contribution in [1.29, 1.82) is 0 Å². The molecule has 1 aliphatic heterocycles. The van der Waals surface area contributed by atoms with Crippen LogP contribution in [0.2, 0.25) is 0 Å². The van der Waals surface area contributed by atoms with Gasteiger partial charge in [-0.2, -0.15) is 0 Å². The highest BCUT2D eigenvalue weighted by Crippen LogP contribution is 2.39. The molecule has 92 valence electrons. The molecule has 2 aliphatic rings. The molecule has 1 fully saturated rings. The predicted molar refractivity (Wildman–Crippen MR) is 69.1 cm³/mol. The summed E-state index contributed by atoms with van der Waals surface area (Å²) in [6.07, 6.45) is 4.09. The summed E-state index contributed by atoms with van der Waals surface area (Å²) in [5, 5.41) is 0. The zero-order valence-electron chi connectivity index (χ0n) is 10.6. The topological polar surface area (TPSA) is 12.5 Å². The Bertz CT molecular complexity index is 390. The number of unbranched alkanes of at least 4 members (excludes halogenated alkanes) is 1. The highest BCUT2D eigenvalue weighted by atomic mass is 16.5. The second-order valence-electron chi connectivity index (χ2n) is 5.15. The van der Waals surface area contributed by atoms with Crippen LogP contribution in [0.15, 0.2) is 24.3 Å². The summed E-state index contributed by atoms with van der Waals surface area (Å²) in [5.74, 6) is 0.